The first kappa shape index (κ1) is 15.7. The van der Waals surface area contributed by atoms with E-state index in [2.05, 4.69) is 9.97 Å². The molecule has 0 saturated carbocycles. The number of sulfonamides is 1. The SMILES string of the molecule is Cc1csc(-c2ncccc2-c2ccc(S(N)(=O)=O)c(F)c2)n1. The van der Waals surface area contributed by atoms with Gasteiger partial charge in [0, 0.05) is 22.8 Å². The lowest BCUT2D eigenvalue weighted by molar-refractivity contribution is 0.568. The van der Waals surface area contributed by atoms with Crippen LogP contribution in [0.15, 0.2) is 46.8 Å². The Morgan fingerprint density at radius 2 is 2.04 bits per heavy atom. The van der Waals surface area contributed by atoms with Crippen LogP contribution in [-0.4, -0.2) is 18.4 Å². The van der Waals surface area contributed by atoms with Crippen molar-refractivity contribution in [2.75, 3.05) is 0 Å². The number of rotatable bonds is 3. The molecule has 0 amide bonds. The fourth-order valence-corrected chi connectivity index (χ4v) is 3.56. The Bertz CT molecular complexity index is 984. The van der Waals surface area contributed by atoms with E-state index in [1.165, 1.54) is 17.4 Å². The van der Waals surface area contributed by atoms with E-state index in [9.17, 15) is 12.8 Å². The van der Waals surface area contributed by atoms with Gasteiger partial charge in [-0.3, -0.25) is 4.98 Å². The van der Waals surface area contributed by atoms with Crippen molar-refractivity contribution in [3.8, 4) is 21.8 Å². The number of aromatic nitrogens is 2. The van der Waals surface area contributed by atoms with Gasteiger partial charge in [0.1, 0.15) is 21.4 Å². The minimum Gasteiger partial charge on any atom is -0.253 e. The number of hydrogen-bond donors (Lipinski definition) is 1. The molecule has 0 bridgehead atoms. The number of thiazole rings is 1. The van der Waals surface area contributed by atoms with Gasteiger partial charge in [-0.2, -0.15) is 0 Å². The molecule has 0 fully saturated rings. The number of benzene rings is 1. The van der Waals surface area contributed by atoms with E-state index >= 15 is 0 Å². The first-order valence-corrected chi connectivity index (χ1v) is 8.99. The molecule has 2 N–H and O–H groups in total. The van der Waals surface area contributed by atoms with Crippen LogP contribution in [0.25, 0.3) is 21.8 Å². The normalized spacial score (nSPS) is 11.6. The zero-order valence-corrected chi connectivity index (χ0v) is 13.7. The summed E-state index contributed by atoms with van der Waals surface area (Å²) < 4.78 is 36.7. The predicted octanol–water partition coefficient (Wildman–Crippen LogP) is 2.97. The van der Waals surface area contributed by atoms with Crippen molar-refractivity contribution in [1.82, 2.24) is 9.97 Å². The van der Waals surface area contributed by atoms with E-state index in [0.717, 1.165) is 17.8 Å². The van der Waals surface area contributed by atoms with Gasteiger partial charge in [-0.25, -0.2) is 22.9 Å². The topological polar surface area (TPSA) is 85.9 Å². The van der Waals surface area contributed by atoms with Gasteiger partial charge >= 0.3 is 0 Å². The third kappa shape index (κ3) is 3.14. The molecule has 1 aromatic carbocycles. The van der Waals surface area contributed by atoms with Crippen LogP contribution in [0.2, 0.25) is 0 Å². The lowest BCUT2D eigenvalue weighted by Crippen LogP contribution is -2.13. The number of pyridine rings is 1. The fourth-order valence-electron chi connectivity index (χ4n) is 2.17. The molecule has 0 saturated heterocycles. The molecule has 8 heteroatoms. The molecule has 0 aliphatic heterocycles. The molecule has 0 unspecified atom stereocenters. The molecule has 5 nitrogen and oxygen atoms in total. The summed E-state index contributed by atoms with van der Waals surface area (Å²) in [4.78, 5) is 8.18. The van der Waals surface area contributed by atoms with Crippen molar-refractivity contribution in [1.29, 1.82) is 0 Å². The molecular weight excluding hydrogens is 337 g/mol. The number of nitrogens with two attached hydrogens (primary N) is 1. The van der Waals surface area contributed by atoms with Crippen LogP contribution < -0.4 is 5.14 Å². The van der Waals surface area contributed by atoms with Gasteiger partial charge in [0.05, 0.1) is 0 Å². The number of halogens is 1. The predicted molar refractivity (Wildman–Crippen MR) is 86.8 cm³/mol. The largest absolute Gasteiger partial charge is 0.253 e. The van der Waals surface area contributed by atoms with Crippen molar-refractivity contribution in [3.05, 3.63) is 53.4 Å². The van der Waals surface area contributed by atoms with Crippen LogP contribution >= 0.6 is 11.3 Å². The van der Waals surface area contributed by atoms with Crippen molar-refractivity contribution in [3.63, 3.8) is 0 Å². The quantitative estimate of drug-likeness (QED) is 0.788. The van der Waals surface area contributed by atoms with Gasteiger partial charge < -0.3 is 0 Å². The highest BCUT2D eigenvalue weighted by molar-refractivity contribution is 7.89. The number of primary sulfonamides is 1. The van der Waals surface area contributed by atoms with E-state index in [-0.39, 0.29) is 0 Å². The molecule has 0 atom stereocenters. The Hall–Kier alpha value is -2.16. The molecular formula is C15H12FN3O2S2. The molecule has 2 heterocycles. The van der Waals surface area contributed by atoms with Gasteiger partial charge in [0.25, 0.3) is 0 Å². The molecule has 0 spiro atoms. The average molecular weight is 349 g/mol. The second-order valence-corrected chi connectivity index (χ2v) is 7.27. The molecule has 118 valence electrons. The van der Waals surface area contributed by atoms with Crippen LogP contribution in [0.5, 0.6) is 0 Å². The second-order valence-electron chi connectivity index (χ2n) is 4.88. The van der Waals surface area contributed by atoms with Gasteiger partial charge in [0.2, 0.25) is 10.0 Å². The number of aryl methyl sites for hydroxylation is 1. The lowest BCUT2D eigenvalue weighted by atomic mass is 10.0. The van der Waals surface area contributed by atoms with Crippen LogP contribution in [-0.2, 0) is 10.0 Å². The van der Waals surface area contributed by atoms with Crippen LogP contribution in [0, 0.1) is 12.7 Å². The van der Waals surface area contributed by atoms with E-state index in [0.29, 0.717) is 21.8 Å². The maximum absolute atomic E-state index is 14.1. The van der Waals surface area contributed by atoms with Gasteiger partial charge in [-0.1, -0.05) is 12.1 Å². The summed E-state index contributed by atoms with van der Waals surface area (Å²) in [7, 11) is -4.09. The highest BCUT2D eigenvalue weighted by Crippen LogP contribution is 2.33. The Balaban J connectivity index is 2.15. The highest BCUT2D eigenvalue weighted by atomic mass is 32.2. The average Bonchev–Trinajstić information content (AvgIpc) is 2.92. The summed E-state index contributed by atoms with van der Waals surface area (Å²) in [6.07, 6.45) is 1.63. The number of nitrogens with zero attached hydrogens (tertiary/aromatic N) is 2. The minimum atomic E-state index is -4.09. The third-order valence-electron chi connectivity index (χ3n) is 3.18. The first-order chi connectivity index (χ1) is 10.9. The number of hydrogen-bond acceptors (Lipinski definition) is 5. The lowest BCUT2D eigenvalue weighted by Gasteiger charge is -2.08. The van der Waals surface area contributed by atoms with E-state index < -0.39 is 20.7 Å². The monoisotopic (exact) mass is 349 g/mol. The van der Waals surface area contributed by atoms with Crippen molar-refractivity contribution in [2.24, 2.45) is 5.14 Å². The first-order valence-electron chi connectivity index (χ1n) is 6.56. The Labute approximate surface area is 136 Å². The molecule has 2 aromatic heterocycles. The summed E-state index contributed by atoms with van der Waals surface area (Å²) in [5.74, 6) is -0.893. The maximum Gasteiger partial charge on any atom is 0.240 e. The summed E-state index contributed by atoms with van der Waals surface area (Å²) in [5, 5.41) is 7.60. The molecule has 23 heavy (non-hydrogen) atoms. The molecule has 0 radical (unpaired) electrons. The minimum absolute atomic E-state index is 0.505. The standard InChI is InChI=1S/C15H12FN3O2S2/c1-9-8-22-15(19-9)14-11(3-2-6-18-14)10-4-5-13(12(16)7-10)23(17,20)21/h2-8H,1H3,(H2,17,20,21). The van der Waals surface area contributed by atoms with Crippen LogP contribution in [0.1, 0.15) is 5.69 Å². The summed E-state index contributed by atoms with van der Waals surface area (Å²) >= 11 is 1.44. The summed E-state index contributed by atoms with van der Waals surface area (Å²) in [5.41, 5.74) is 2.67. The second kappa shape index (κ2) is 5.80. The Kier molecular flexibility index (Phi) is 3.97. The zero-order valence-electron chi connectivity index (χ0n) is 12.0. The summed E-state index contributed by atoms with van der Waals surface area (Å²) in [6, 6.07) is 7.31. The molecule has 3 rings (SSSR count). The Morgan fingerprint density at radius 3 is 2.65 bits per heavy atom. The van der Waals surface area contributed by atoms with Crippen LogP contribution in [0.3, 0.4) is 0 Å². The maximum atomic E-state index is 14.1. The van der Waals surface area contributed by atoms with Crippen molar-refractivity contribution >= 4 is 21.4 Å². The fraction of sp³-hybridized carbons (Fsp3) is 0.0667. The van der Waals surface area contributed by atoms with Gasteiger partial charge in [-0.05, 0) is 30.7 Å². The molecule has 3 aromatic rings. The van der Waals surface area contributed by atoms with E-state index in [1.807, 2.05) is 12.3 Å². The summed E-state index contributed by atoms with van der Waals surface area (Å²) in [6.45, 7) is 1.88. The van der Waals surface area contributed by atoms with Gasteiger partial charge in [-0.15, -0.1) is 11.3 Å². The Morgan fingerprint density at radius 1 is 1.26 bits per heavy atom. The van der Waals surface area contributed by atoms with Crippen molar-refractivity contribution < 1.29 is 12.8 Å². The van der Waals surface area contributed by atoms with E-state index in [4.69, 9.17) is 5.14 Å². The van der Waals surface area contributed by atoms with Crippen LogP contribution in [0.4, 0.5) is 4.39 Å². The van der Waals surface area contributed by atoms with E-state index in [1.54, 1.807) is 18.3 Å². The molecule has 0 aliphatic rings. The molecule has 0 aliphatic carbocycles. The third-order valence-corrected chi connectivity index (χ3v) is 5.09. The highest BCUT2D eigenvalue weighted by Gasteiger charge is 2.17. The zero-order chi connectivity index (χ0) is 16.6. The smallest absolute Gasteiger partial charge is 0.240 e. The van der Waals surface area contributed by atoms with Gasteiger partial charge in [0.15, 0.2) is 0 Å². The van der Waals surface area contributed by atoms with Crippen molar-refractivity contribution in [2.45, 2.75) is 11.8 Å².